The van der Waals surface area contributed by atoms with Crippen molar-refractivity contribution in [3.8, 4) is 0 Å². The number of amides is 1. The molecule has 0 fully saturated rings. The summed E-state index contributed by atoms with van der Waals surface area (Å²) in [7, 11) is 0. The van der Waals surface area contributed by atoms with Crippen LogP contribution in [0.1, 0.15) is 5.69 Å². The first kappa shape index (κ1) is 18.2. The van der Waals surface area contributed by atoms with Crippen LogP contribution in [0.4, 0.5) is 24.5 Å². The predicted octanol–water partition coefficient (Wildman–Crippen LogP) is 2.04. The molecule has 0 aliphatic carbocycles. The van der Waals surface area contributed by atoms with Gasteiger partial charge in [-0.2, -0.15) is 18.3 Å². The summed E-state index contributed by atoms with van der Waals surface area (Å²) < 4.78 is 38.1. The predicted molar refractivity (Wildman–Crippen MR) is 81.8 cm³/mol. The lowest BCUT2D eigenvalue weighted by Crippen LogP contribution is -2.31. The molecule has 0 bridgehead atoms. The Bertz CT molecular complexity index is 743. The molecule has 11 heteroatoms. The van der Waals surface area contributed by atoms with Crippen LogP contribution < -0.4 is 10.6 Å². The average molecular weight is 357 g/mol. The number of alkyl halides is 3. The Morgan fingerprint density at radius 3 is 2.44 bits per heavy atom. The zero-order valence-corrected chi connectivity index (χ0v) is 12.8. The molecule has 0 saturated heterocycles. The van der Waals surface area contributed by atoms with E-state index in [2.05, 4.69) is 15.7 Å². The van der Waals surface area contributed by atoms with E-state index in [1.807, 2.05) is 0 Å². The fourth-order valence-corrected chi connectivity index (χ4v) is 1.91. The molecule has 0 aliphatic heterocycles. The number of rotatable bonds is 7. The number of hydrogen-bond donors (Lipinski definition) is 2. The van der Waals surface area contributed by atoms with Gasteiger partial charge in [0.2, 0.25) is 5.91 Å². The van der Waals surface area contributed by atoms with Crippen molar-refractivity contribution in [1.29, 1.82) is 0 Å². The molecule has 0 unspecified atom stereocenters. The van der Waals surface area contributed by atoms with Crippen LogP contribution in [0.15, 0.2) is 36.5 Å². The van der Waals surface area contributed by atoms with Gasteiger partial charge in [0.1, 0.15) is 6.54 Å². The minimum Gasteiger partial charge on any atom is -0.383 e. The lowest BCUT2D eigenvalue weighted by molar-refractivity contribution is -0.384. The molecule has 2 N–H and O–H groups in total. The number of carbonyl (C=O) groups excluding carboxylic acids is 1. The summed E-state index contributed by atoms with van der Waals surface area (Å²) >= 11 is 0. The Morgan fingerprint density at radius 1 is 1.20 bits per heavy atom. The Kier molecular flexibility index (Phi) is 5.57. The third-order valence-corrected chi connectivity index (χ3v) is 3.09. The van der Waals surface area contributed by atoms with E-state index in [1.165, 1.54) is 24.3 Å². The van der Waals surface area contributed by atoms with E-state index in [4.69, 9.17) is 0 Å². The normalized spacial score (nSPS) is 11.2. The molecule has 0 spiro atoms. The van der Waals surface area contributed by atoms with E-state index in [0.29, 0.717) is 12.2 Å². The number of anilines is 1. The lowest BCUT2D eigenvalue weighted by Gasteiger charge is -2.08. The third kappa shape index (κ3) is 5.48. The first-order valence-corrected chi connectivity index (χ1v) is 7.11. The van der Waals surface area contributed by atoms with E-state index in [-0.39, 0.29) is 18.8 Å². The number of benzene rings is 1. The largest absolute Gasteiger partial charge is 0.435 e. The number of nitrogens with one attached hydrogen (secondary N) is 2. The fraction of sp³-hybridized carbons (Fsp3) is 0.286. The van der Waals surface area contributed by atoms with Gasteiger partial charge in [0.05, 0.1) is 4.92 Å². The summed E-state index contributed by atoms with van der Waals surface area (Å²) in [4.78, 5) is 21.7. The van der Waals surface area contributed by atoms with E-state index < -0.39 is 22.7 Å². The molecule has 2 rings (SSSR count). The zero-order chi connectivity index (χ0) is 18.4. The third-order valence-electron chi connectivity index (χ3n) is 3.09. The number of non-ortho nitro benzene ring substituents is 1. The number of aromatic nitrogens is 2. The van der Waals surface area contributed by atoms with Crippen LogP contribution >= 0.6 is 0 Å². The molecule has 1 aromatic carbocycles. The standard InChI is InChI=1S/C14H14F3N5O3/c15-14(16,17)12-5-8-21(20-12)9-13(23)19-7-6-18-10-1-3-11(4-2-10)22(24)25/h1-5,8,18H,6-7,9H2,(H,19,23). The smallest absolute Gasteiger partial charge is 0.383 e. The summed E-state index contributed by atoms with van der Waals surface area (Å²) in [5.41, 5.74) is -0.446. The Labute approximate surface area is 139 Å². The number of halogens is 3. The highest BCUT2D eigenvalue weighted by atomic mass is 19.4. The summed E-state index contributed by atoms with van der Waals surface area (Å²) in [6, 6.07) is 6.54. The summed E-state index contributed by atoms with van der Waals surface area (Å²) in [6.45, 7) is 0.243. The zero-order valence-electron chi connectivity index (χ0n) is 12.8. The SMILES string of the molecule is O=C(Cn1ccc(C(F)(F)F)n1)NCCNc1ccc([N+](=O)[O-])cc1. The second-order valence-electron chi connectivity index (χ2n) is 4.98. The topological polar surface area (TPSA) is 102 Å². The molecule has 0 radical (unpaired) electrons. The number of nitrogens with zero attached hydrogens (tertiary/aromatic N) is 3. The maximum absolute atomic E-state index is 12.4. The van der Waals surface area contributed by atoms with E-state index >= 15 is 0 Å². The van der Waals surface area contributed by atoms with Crippen LogP contribution in [-0.4, -0.2) is 33.7 Å². The first-order valence-electron chi connectivity index (χ1n) is 7.11. The maximum atomic E-state index is 12.4. The lowest BCUT2D eigenvalue weighted by atomic mass is 10.3. The van der Waals surface area contributed by atoms with Crippen LogP contribution in [0, 0.1) is 10.1 Å². The number of carbonyl (C=O) groups is 1. The van der Waals surface area contributed by atoms with Crippen molar-refractivity contribution in [2.45, 2.75) is 12.7 Å². The molecule has 1 aromatic heterocycles. The number of nitro groups is 1. The van der Waals surface area contributed by atoms with Crippen molar-refractivity contribution in [2.24, 2.45) is 0 Å². The van der Waals surface area contributed by atoms with Gasteiger partial charge in [-0.1, -0.05) is 0 Å². The second-order valence-corrected chi connectivity index (χ2v) is 4.98. The summed E-state index contributed by atoms with van der Waals surface area (Å²) in [5.74, 6) is -0.484. The molecular formula is C14H14F3N5O3. The van der Waals surface area contributed by atoms with E-state index in [1.54, 1.807) is 0 Å². The molecule has 0 saturated carbocycles. The highest BCUT2D eigenvalue weighted by Gasteiger charge is 2.33. The molecular weight excluding hydrogens is 343 g/mol. The van der Waals surface area contributed by atoms with Crippen LogP contribution in [0.25, 0.3) is 0 Å². The molecule has 0 atom stereocenters. The number of nitro benzene ring substituents is 1. The fourth-order valence-electron chi connectivity index (χ4n) is 1.91. The van der Waals surface area contributed by atoms with Crippen molar-refractivity contribution in [3.63, 3.8) is 0 Å². The Balaban J connectivity index is 1.71. The van der Waals surface area contributed by atoms with Crippen LogP contribution in [-0.2, 0) is 17.5 Å². The van der Waals surface area contributed by atoms with E-state index in [9.17, 15) is 28.1 Å². The highest BCUT2D eigenvalue weighted by Crippen LogP contribution is 2.27. The van der Waals surface area contributed by atoms with Gasteiger partial charge in [-0.25, -0.2) is 0 Å². The monoisotopic (exact) mass is 357 g/mol. The molecule has 134 valence electrons. The second kappa shape index (κ2) is 7.64. The highest BCUT2D eigenvalue weighted by molar-refractivity contribution is 5.75. The van der Waals surface area contributed by atoms with Gasteiger partial charge in [0, 0.05) is 37.1 Å². The van der Waals surface area contributed by atoms with Gasteiger partial charge in [0.25, 0.3) is 5.69 Å². The molecule has 8 nitrogen and oxygen atoms in total. The number of hydrogen-bond acceptors (Lipinski definition) is 5. The summed E-state index contributed by atoms with van der Waals surface area (Å²) in [5, 5.41) is 19.3. The van der Waals surface area contributed by atoms with E-state index in [0.717, 1.165) is 16.9 Å². The van der Waals surface area contributed by atoms with Gasteiger partial charge < -0.3 is 10.6 Å². The molecule has 1 heterocycles. The van der Waals surface area contributed by atoms with Crippen molar-refractivity contribution >= 4 is 17.3 Å². The first-order chi connectivity index (χ1) is 11.8. The van der Waals surface area contributed by atoms with Crippen molar-refractivity contribution in [3.05, 3.63) is 52.3 Å². The van der Waals surface area contributed by atoms with Gasteiger partial charge >= 0.3 is 6.18 Å². The van der Waals surface area contributed by atoms with Crippen molar-refractivity contribution in [1.82, 2.24) is 15.1 Å². The summed E-state index contributed by atoms with van der Waals surface area (Å²) in [6.07, 6.45) is -3.46. The Morgan fingerprint density at radius 2 is 1.88 bits per heavy atom. The van der Waals surface area contributed by atoms with Gasteiger partial charge in [0.15, 0.2) is 5.69 Å². The Hall–Kier alpha value is -3.11. The molecule has 0 aliphatic rings. The van der Waals surface area contributed by atoms with Crippen LogP contribution in [0.2, 0.25) is 0 Å². The van der Waals surface area contributed by atoms with Crippen LogP contribution in [0.5, 0.6) is 0 Å². The quantitative estimate of drug-likeness (QED) is 0.448. The maximum Gasteiger partial charge on any atom is 0.435 e. The van der Waals surface area contributed by atoms with Crippen molar-refractivity contribution < 1.29 is 22.9 Å². The molecule has 25 heavy (non-hydrogen) atoms. The minimum atomic E-state index is -4.55. The van der Waals surface area contributed by atoms with Gasteiger partial charge in [-0.3, -0.25) is 19.6 Å². The average Bonchev–Trinajstić information content (AvgIpc) is 3.00. The van der Waals surface area contributed by atoms with Crippen LogP contribution in [0.3, 0.4) is 0 Å². The van der Waals surface area contributed by atoms with Crippen molar-refractivity contribution in [2.75, 3.05) is 18.4 Å². The molecule has 1 amide bonds. The van der Waals surface area contributed by atoms with Gasteiger partial charge in [-0.05, 0) is 18.2 Å². The molecule has 2 aromatic rings. The minimum absolute atomic E-state index is 0.0312. The van der Waals surface area contributed by atoms with Gasteiger partial charge in [-0.15, -0.1) is 0 Å².